The summed E-state index contributed by atoms with van der Waals surface area (Å²) in [6.45, 7) is 5.47. The molecule has 0 saturated carbocycles. The Kier molecular flexibility index (Phi) is 3.72. The van der Waals surface area contributed by atoms with E-state index >= 15 is 0 Å². The normalized spacial score (nSPS) is 23.2. The molecule has 0 aliphatic carbocycles. The van der Waals surface area contributed by atoms with Crippen LogP contribution in [0.3, 0.4) is 0 Å². The van der Waals surface area contributed by atoms with Gasteiger partial charge in [0.25, 0.3) is 0 Å². The summed E-state index contributed by atoms with van der Waals surface area (Å²) < 4.78 is 0. The summed E-state index contributed by atoms with van der Waals surface area (Å²) in [5.41, 5.74) is 1.15. The van der Waals surface area contributed by atoms with Gasteiger partial charge in [-0.2, -0.15) is 0 Å². The summed E-state index contributed by atoms with van der Waals surface area (Å²) in [6.07, 6.45) is 2.61. The number of thiazole rings is 1. The van der Waals surface area contributed by atoms with Crippen molar-refractivity contribution in [3.05, 3.63) is 16.1 Å². The van der Waals surface area contributed by atoms with Gasteiger partial charge in [-0.25, -0.2) is 4.98 Å². The largest absolute Gasteiger partial charge is 0.316 e. The van der Waals surface area contributed by atoms with Crippen LogP contribution in [-0.2, 0) is 6.54 Å². The molecular weight excluding hydrogens is 206 g/mol. The Morgan fingerprint density at radius 2 is 2.53 bits per heavy atom. The number of hydrogen-bond acceptors (Lipinski definition) is 4. The van der Waals surface area contributed by atoms with E-state index in [0.717, 1.165) is 18.8 Å². The SMILES string of the molecule is CNC1CCCN(Cc2nc(C)cs2)C1. The van der Waals surface area contributed by atoms with Crippen LogP contribution < -0.4 is 5.32 Å². The van der Waals surface area contributed by atoms with Crippen LogP contribution in [0.15, 0.2) is 5.38 Å². The third kappa shape index (κ3) is 3.00. The Labute approximate surface area is 95.5 Å². The fourth-order valence-electron chi connectivity index (χ4n) is 2.10. The highest BCUT2D eigenvalue weighted by Gasteiger charge is 2.18. The van der Waals surface area contributed by atoms with Crippen LogP contribution in [0.25, 0.3) is 0 Å². The molecule has 4 heteroatoms. The van der Waals surface area contributed by atoms with Gasteiger partial charge in [-0.05, 0) is 33.4 Å². The van der Waals surface area contributed by atoms with Gasteiger partial charge in [0.05, 0.1) is 6.54 Å². The fourth-order valence-corrected chi connectivity index (χ4v) is 2.91. The summed E-state index contributed by atoms with van der Waals surface area (Å²) in [5.74, 6) is 0. The average Bonchev–Trinajstić information content (AvgIpc) is 2.64. The van der Waals surface area contributed by atoms with E-state index in [9.17, 15) is 0 Å². The van der Waals surface area contributed by atoms with Gasteiger partial charge in [0.2, 0.25) is 0 Å². The Bertz CT molecular complexity index is 311. The lowest BCUT2D eigenvalue weighted by Gasteiger charge is -2.31. The Morgan fingerprint density at radius 3 is 3.20 bits per heavy atom. The van der Waals surface area contributed by atoms with Gasteiger partial charge in [0.15, 0.2) is 0 Å². The summed E-state index contributed by atoms with van der Waals surface area (Å²) in [7, 11) is 2.06. The van der Waals surface area contributed by atoms with Crippen molar-refractivity contribution >= 4 is 11.3 Å². The van der Waals surface area contributed by atoms with Crippen molar-refractivity contribution in [1.29, 1.82) is 0 Å². The molecule has 1 unspecified atom stereocenters. The maximum atomic E-state index is 4.51. The van der Waals surface area contributed by atoms with Crippen LogP contribution in [0.4, 0.5) is 0 Å². The average molecular weight is 225 g/mol. The second kappa shape index (κ2) is 5.05. The standard InChI is InChI=1S/C11H19N3S/c1-9-8-15-11(13-9)7-14-5-3-4-10(6-14)12-2/h8,10,12H,3-7H2,1-2H3. The van der Waals surface area contributed by atoms with E-state index in [2.05, 4.69) is 34.6 Å². The van der Waals surface area contributed by atoms with Crippen LogP contribution in [0.1, 0.15) is 23.5 Å². The first-order chi connectivity index (χ1) is 7.28. The van der Waals surface area contributed by atoms with Crippen molar-refractivity contribution in [2.45, 2.75) is 32.4 Å². The van der Waals surface area contributed by atoms with Gasteiger partial charge >= 0.3 is 0 Å². The molecule has 84 valence electrons. The Morgan fingerprint density at radius 1 is 1.67 bits per heavy atom. The summed E-state index contributed by atoms with van der Waals surface area (Å²) in [5, 5.41) is 6.75. The number of aryl methyl sites for hydroxylation is 1. The second-order valence-electron chi connectivity index (χ2n) is 4.25. The molecule has 0 radical (unpaired) electrons. The first-order valence-corrected chi connectivity index (χ1v) is 6.46. The molecule has 2 rings (SSSR count). The molecule has 0 aromatic carbocycles. The van der Waals surface area contributed by atoms with Crippen molar-refractivity contribution in [2.75, 3.05) is 20.1 Å². The van der Waals surface area contributed by atoms with Crippen molar-refractivity contribution in [1.82, 2.24) is 15.2 Å². The smallest absolute Gasteiger partial charge is 0.107 e. The molecule has 2 heterocycles. The molecule has 1 aliphatic rings. The van der Waals surface area contributed by atoms with Gasteiger partial charge in [0.1, 0.15) is 5.01 Å². The molecule has 3 nitrogen and oxygen atoms in total. The quantitative estimate of drug-likeness (QED) is 0.847. The Balaban J connectivity index is 1.88. The van der Waals surface area contributed by atoms with Crippen molar-refractivity contribution < 1.29 is 0 Å². The molecule has 1 aromatic rings. The third-order valence-electron chi connectivity index (χ3n) is 2.94. The van der Waals surface area contributed by atoms with Crippen molar-refractivity contribution in [3.8, 4) is 0 Å². The van der Waals surface area contributed by atoms with Gasteiger partial charge < -0.3 is 5.32 Å². The number of nitrogens with zero attached hydrogens (tertiary/aromatic N) is 2. The van der Waals surface area contributed by atoms with Gasteiger partial charge in [-0.3, -0.25) is 4.90 Å². The minimum absolute atomic E-state index is 0.666. The predicted octanol–water partition coefficient (Wildman–Crippen LogP) is 1.64. The van der Waals surface area contributed by atoms with E-state index in [1.54, 1.807) is 11.3 Å². The second-order valence-corrected chi connectivity index (χ2v) is 5.19. The van der Waals surface area contributed by atoms with Crippen LogP contribution >= 0.6 is 11.3 Å². The van der Waals surface area contributed by atoms with Gasteiger partial charge in [0, 0.05) is 23.7 Å². The lowest BCUT2D eigenvalue weighted by Crippen LogP contribution is -2.43. The highest BCUT2D eigenvalue weighted by molar-refractivity contribution is 7.09. The number of piperidine rings is 1. The van der Waals surface area contributed by atoms with E-state index < -0.39 is 0 Å². The maximum absolute atomic E-state index is 4.51. The number of hydrogen-bond donors (Lipinski definition) is 1. The minimum Gasteiger partial charge on any atom is -0.316 e. The highest BCUT2D eigenvalue weighted by Crippen LogP contribution is 2.16. The topological polar surface area (TPSA) is 28.2 Å². The molecule has 0 spiro atoms. The van der Waals surface area contributed by atoms with E-state index in [1.807, 2.05) is 0 Å². The van der Waals surface area contributed by atoms with Gasteiger partial charge in [-0.1, -0.05) is 0 Å². The molecule has 0 bridgehead atoms. The predicted molar refractivity (Wildman–Crippen MR) is 64.2 cm³/mol. The van der Waals surface area contributed by atoms with E-state index in [0.29, 0.717) is 6.04 Å². The first kappa shape index (κ1) is 11.0. The molecule has 1 fully saturated rings. The number of rotatable bonds is 3. The molecular formula is C11H19N3S. The van der Waals surface area contributed by atoms with Crippen LogP contribution in [0.5, 0.6) is 0 Å². The lowest BCUT2D eigenvalue weighted by atomic mass is 10.1. The summed E-state index contributed by atoms with van der Waals surface area (Å²) in [6, 6.07) is 0.666. The number of aromatic nitrogens is 1. The summed E-state index contributed by atoms with van der Waals surface area (Å²) >= 11 is 1.78. The van der Waals surface area contributed by atoms with Crippen LogP contribution in [0.2, 0.25) is 0 Å². The molecule has 1 N–H and O–H groups in total. The van der Waals surface area contributed by atoms with E-state index in [1.165, 1.54) is 24.4 Å². The molecule has 15 heavy (non-hydrogen) atoms. The van der Waals surface area contributed by atoms with E-state index in [4.69, 9.17) is 0 Å². The molecule has 1 atom stereocenters. The zero-order chi connectivity index (χ0) is 10.7. The van der Waals surface area contributed by atoms with Crippen LogP contribution in [-0.4, -0.2) is 36.1 Å². The lowest BCUT2D eigenvalue weighted by molar-refractivity contribution is 0.188. The number of nitrogens with one attached hydrogen (secondary N) is 1. The van der Waals surface area contributed by atoms with Crippen molar-refractivity contribution in [2.24, 2.45) is 0 Å². The molecule has 1 saturated heterocycles. The number of likely N-dealkylation sites (N-methyl/N-ethyl adjacent to an activating group) is 1. The highest BCUT2D eigenvalue weighted by atomic mass is 32.1. The van der Waals surface area contributed by atoms with Crippen molar-refractivity contribution in [3.63, 3.8) is 0 Å². The molecule has 1 aromatic heterocycles. The van der Waals surface area contributed by atoms with E-state index in [-0.39, 0.29) is 0 Å². The van der Waals surface area contributed by atoms with Gasteiger partial charge in [-0.15, -0.1) is 11.3 Å². The monoisotopic (exact) mass is 225 g/mol. The third-order valence-corrected chi connectivity index (χ3v) is 3.89. The molecule has 1 aliphatic heterocycles. The summed E-state index contributed by atoms with van der Waals surface area (Å²) in [4.78, 5) is 7.02. The zero-order valence-corrected chi connectivity index (χ0v) is 10.3. The number of likely N-dealkylation sites (tertiary alicyclic amines) is 1. The minimum atomic E-state index is 0.666. The van der Waals surface area contributed by atoms with Crippen LogP contribution in [0, 0.1) is 6.92 Å². The maximum Gasteiger partial charge on any atom is 0.107 e. The molecule has 0 amide bonds. The Hall–Kier alpha value is -0.450. The first-order valence-electron chi connectivity index (χ1n) is 5.58. The zero-order valence-electron chi connectivity index (χ0n) is 9.49. The fraction of sp³-hybridized carbons (Fsp3) is 0.727.